The van der Waals surface area contributed by atoms with E-state index in [-0.39, 0.29) is 0 Å². The van der Waals surface area contributed by atoms with Gasteiger partial charge in [0.15, 0.2) is 17.5 Å². The number of aromatic nitrogens is 4. The number of furan rings is 1. The number of rotatable bonds is 5. The highest BCUT2D eigenvalue weighted by molar-refractivity contribution is 7.26. The van der Waals surface area contributed by atoms with E-state index in [1.165, 1.54) is 53.1 Å². The van der Waals surface area contributed by atoms with Crippen molar-refractivity contribution in [3.63, 3.8) is 0 Å². The van der Waals surface area contributed by atoms with E-state index in [2.05, 4.69) is 132 Å². The van der Waals surface area contributed by atoms with Crippen LogP contribution in [0.1, 0.15) is 0 Å². The zero-order valence-corrected chi connectivity index (χ0v) is 31.2. The second-order valence-electron chi connectivity index (χ2n) is 14.4. The first kappa shape index (κ1) is 31.9. The quantitative estimate of drug-likeness (QED) is 0.176. The molecule has 266 valence electrons. The van der Waals surface area contributed by atoms with Gasteiger partial charge in [-0.05, 0) is 77.9 Å². The van der Waals surface area contributed by atoms with Crippen molar-refractivity contribution in [1.29, 1.82) is 0 Å². The first-order valence-electron chi connectivity index (χ1n) is 19.0. The molecule has 0 N–H and O–H groups in total. The lowest BCUT2D eigenvalue weighted by molar-refractivity contribution is 0.669. The Morgan fingerprint density at radius 1 is 0.386 bits per heavy atom. The average molecular weight is 747 g/mol. The van der Waals surface area contributed by atoms with Gasteiger partial charge in [0.1, 0.15) is 11.2 Å². The van der Waals surface area contributed by atoms with Gasteiger partial charge in [0.2, 0.25) is 0 Å². The third kappa shape index (κ3) is 5.12. The van der Waals surface area contributed by atoms with E-state index in [1.54, 1.807) is 0 Å². The number of nitrogens with zero attached hydrogens (tertiary/aromatic N) is 4. The van der Waals surface area contributed by atoms with E-state index < -0.39 is 0 Å². The standard InChI is InChI=1S/C51H30N4OS/c1-3-12-31(13-4-1)49-52-50(54-51(53-49)34-23-26-40-39-17-8-10-20-44(39)56-45(40)30-34)33-24-27-46-41(28-33)48-36(18-11-21-47(48)57-46)32-22-25-38-37-16-7-9-19-42(37)55(43(38)29-32)35-14-5-2-6-15-35/h1-30H. The molecule has 4 aromatic heterocycles. The Balaban J connectivity index is 1.04. The normalized spacial score (nSPS) is 11.9. The predicted octanol–water partition coefficient (Wildman–Crippen LogP) is 13.9. The molecule has 0 spiro atoms. The maximum Gasteiger partial charge on any atom is 0.164 e. The molecule has 57 heavy (non-hydrogen) atoms. The van der Waals surface area contributed by atoms with Crippen molar-refractivity contribution >= 4 is 75.3 Å². The molecule has 0 aliphatic carbocycles. The van der Waals surface area contributed by atoms with Crippen LogP contribution in [0, 0.1) is 0 Å². The lowest BCUT2D eigenvalue weighted by Gasteiger charge is -2.10. The SMILES string of the molecule is c1ccc(-c2nc(-c3ccc4c(c3)oc3ccccc34)nc(-c3ccc4sc5cccc(-c6ccc7c8ccccc8n(-c8ccccc8)c7c6)c5c4c3)n2)cc1. The summed E-state index contributed by atoms with van der Waals surface area (Å²) in [6.07, 6.45) is 0. The Hall–Kier alpha value is -7.41. The predicted molar refractivity (Wildman–Crippen MR) is 236 cm³/mol. The zero-order valence-electron chi connectivity index (χ0n) is 30.4. The minimum Gasteiger partial charge on any atom is -0.456 e. The second-order valence-corrected chi connectivity index (χ2v) is 15.5. The Kier molecular flexibility index (Phi) is 7.03. The number of para-hydroxylation sites is 3. The molecule has 0 fully saturated rings. The van der Waals surface area contributed by atoms with Gasteiger partial charge < -0.3 is 8.98 Å². The van der Waals surface area contributed by atoms with Crippen LogP contribution < -0.4 is 0 Å². The van der Waals surface area contributed by atoms with E-state index in [1.807, 2.05) is 65.9 Å². The van der Waals surface area contributed by atoms with E-state index >= 15 is 0 Å². The van der Waals surface area contributed by atoms with Gasteiger partial charge in [-0.15, -0.1) is 11.3 Å². The molecule has 0 atom stereocenters. The Morgan fingerprint density at radius 2 is 1.02 bits per heavy atom. The van der Waals surface area contributed by atoms with E-state index in [0.717, 1.165) is 44.3 Å². The average Bonchev–Trinajstić information content (AvgIpc) is 3.95. The molecule has 6 heteroatoms. The first-order chi connectivity index (χ1) is 28.2. The minimum absolute atomic E-state index is 0.597. The van der Waals surface area contributed by atoms with E-state index in [9.17, 15) is 0 Å². The smallest absolute Gasteiger partial charge is 0.164 e. The van der Waals surface area contributed by atoms with Gasteiger partial charge in [0.25, 0.3) is 0 Å². The van der Waals surface area contributed by atoms with Crippen LogP contribution in [0.25, 0.3) is 115 Å². The highest BCUT2D eigenvalue weighted by Crippen LogP contribution is 2.43. The third-order valence-electron chi connectivity index (χ3n) is 11.1. The summed E-state index contributed by atoms with van der Waals surface area (Å²) in [5.74, 6) is 1.84. The molecule has 0 aliphatic heterocycles. The molecule has 0 aliphatic rings. The van der Waals surface area contributed by atoms with Crippen molar-refractivity contribution in [2.24, 2.45) is 0 Å². The maximum atomic E-state index is 6.27. The molecule has 0 unspecified atom stereocenters. The van der Waals surface area contributed by atoms with Crippen LogP contribution in [0.3, 0.4) is 0 Å². The van der Waals surface area contributed by atoms with Crippen molar-refractivity contribution in [3.05, 3.63) is 182 Å². The van der Waals surface area contributed by atoms with Gasteiger partial charge in [-0.2, -0.15) is 0 Å². The van der Waals surface area contributed by atoms with E-state index in [0.29, 0.717) is 17.5 Å². The number of benzene rings is 8. The number of hydrogen-bond donors (Lipinski definition) is 0. The molecular weight excluding hydrogens is 717 g/mol. The number of thiophene rings is 1. The van der Waals surface area contributed by atoms with Crippen LogP contribution in [0.15, 0.2) is 186 Å². The highest BCUT2D eigenvalue weighted by atomic mass is 32.1. The van der Waals surface area contributed by atoms with Gasteiger partial charge in [-0.1, -0.05) is 115 Å². The maximum absolute atomic E-state index is 6.27. The van der Waals surface area contributed by atoms with Crippen LogP contribution >= 0.6 is 11.3 Å². The molecule has 12 aromatic rings. The molecule has 0 saturated carbocycles. The minimum atomic E-state index is 0.597. The van der Waals surface area contributed by atoms with E-state index in [4.69, 9.17) is 19.4 Å². The summed E-state index contributed by atoms with van der Waals surface area (Å²) in [4.78, 5) is 15.3. The summed E-state index contributed by atoms with van der Waals surface area (Å²) < 4.78 is 11.1. The number of hydrogen-bond acceptors (Lipinski definition) is 5. The van der Waals surface area contributed by atoms with Crippen LogP contribution in [0.4, 0.5) is 0 Å². The van der Waals surface area contributed by atoms with Gasteiger partial charge in [-0.3, -0.25) is 0 Å². The van der Waals surface area contributed by atoms with Crippen LogP contribution in [0.2, 0.25) is 0 Å². The van der Waals surface area contributed by atoms with Gasteiger partial charge in [-0.25, -0.2) is 15.0 Å². The molecular formula is C51H30N4OS. The highest BCUT2D eigenvalue weighted by Gasteiger charge is 2.19. The summed E-state index contributed by atoms with van der Waals surface area (Å²) in [6.45, 7) is 0. The number of fused-ring (bicyclic) bond motifs is 9. The van der Waals surface area contributed by atoms with Crippen molar-refractivity contribution in [1.82, 2.24) is 19.5 Å². The first-order valence-corrected chi connectivity index (χ1v) is 19.8. The molecule has 12 rings (SSSR count). The third-order valence-corrected chi connectivity index (χ3v) is 12.2. The van der Waals surface area contributed by atoms with Crippen molar-refractivity contribution in [3.8, 4) is 51.0 Å². The van der Waals surface area contributed by atoms with Crippen molar-refractivity contribution in [2.45, 2.75) is 0 Å². The summed E-state index contributed by atoms with van der Waals surface area (Å²) >= 11 is 1.82. The molecule has 8 aromatic carbocycles. The zero-order chi connectivity index (χ0) is 37.5. The molecule has 4 heterocycles. The topological polar surface area (TPSA) is 56.7 Å². The molecule has 0 radical (unpaired) electrons. The Bertz CT molecular complexity index is 3530. The second kappa shape index (κ2) is 12.6. The van der Waals surface area contributed by atoms with Crippen molar-refractivity contribution < 1.29 is 4.42 Å². The summed E-state index contributed by atoms with van der Waals surface area (Å²) in [5, 5.41) is 7.05. The molecule has 0 bridgehead atoms. The Morgan fingerprint density at radius 3 is 1.86 bits per heavy atom. The van der Waals surface area contributed by atoms with Gasteiger partial charge in [0.05, 0.1) is 11.0 Å². The fraction of sp³-hybridized carbons (Fsp3) is 0. The van der Waals surface area contributed by atoms with Crippen molar-refractivity contribution in [2.75, 3.05) is 0 Å². The summed E-state index contributed by atoms with van der Waals surface area (Å²) in [7, 11) is 0. The van der Waals surface area contributed by atoms with Gasteiger partial charge >= 0.3 is 0 Å². The largest absolute Gasteiger partial charge is 0.456 e. The summed E-state index contributed by atoms with van der Waals surface area (Å²) in [5.41, 5.74) is 10.3. The van der Waals surface area contributed by atoms with Crippen LogP contribution in [-0.2, 0) is 0 Å². The van der Waals surface area contributed by atoms with Gasteiger partial charge in [0, 0.05) is 64.1 Å². The van der Waals surface area contributed by atoms with Crippen LogP contribution in [0.5, 0.6) is 0 Å². The molecule has 0 amide bonds. The summed E-state index contributed by atoms with van der Waals surface area (Å²) in [6, 6.07) is 64.0. The fourth-order valence-corrected chi connectivity index (χ4v) is 9.53. The molecule has 0 saturated heterocycles. The lowest BCUT2D eigenvalue weighted by atomic mass is 9.97. The fourth-order valence-electron chi connectivity index (χ4n) is 8.42. The monoisotopic (exact) mass is 746 g/mol. The Labute approximate surface area is 330 Å². The molecule has 5 nitrogen and oxygen atoms in total. The lowest BCUT2D eigenvalue weighted by Crippen LogP contribution is -2.00. The van der Waals surface area contributed by atoms with Crippen LogP contribution in [-0.4, -0.2) is 19.5 Å².